The molecule has 4 rings (SSSR count). The molecule has 1 aliphatic heterocycles. The third kappa shape index (κ3) is 3.65. The smallest absolute Gasteiger partial charge is 0.277 e. The zero-order valence-corrected chi connectivity index (χ0v) is 15.6. The molecule has 0 radical (unpaired) electrons. The van der Waals surface area contributed by atoms with Gasteiger partial charge in [0.15, 0.2) is 0 Å². The second kappa shape index (κ2) is 7.69. The molecular weight excluding hydrogens is 372 g/mol. The Kier molecular flexibility index (Phi) is 4.92. The molecule has 8 nitrogen and oxygen atoms in total. The van der Waals surface area contributed by atoms with E-state index in [9.17, 15) is 9.59 Å². The van der Waals surface area contributed by atoms with E-state index < -0.39 is 11.8 Å². The van der Waals surface area contributed by atoms with E-state index in [4.69, 9.17) is 9.63 Å². The standard InChI is InChI=1S/C21H18N4O4/c1-13-5-4-6-14(11-13)19-23-20(29-24-19)15-7-2-3-8-16(15)22-17-12-18(27)25(9-10-26)21(17)28/h2-8,11-12,22,26H,9-10H2,1H3. The van der Waals surface area contributed by atoms with E-state index in [0.717, 1.165) is 16.0 Å². The van der Waals surface area contributed by atoms with Gasteiger partial charge in [-0.15, -0.1) is 0 Å². The number of carbonyl (C=O) groups excluding carboxylic acids is 2. The molecule has 0 unspecified atom stereocenters. The predicted octanol–water partition coefficient (Wildman–Crippen LogP) is 2.37. The van der Waals surface area contributed by atoms with E-state index in [2.05, 4.69) is 15.5 Å². The van der Waals surface area contributed by atoms with Crippen LogP contribution in [0.25, 0.3) is 22.8 Å². The van der Waals surface area contributed by atoms with E-state index in [1.165, 1.54) is 6.08 Å². The maximum Gasteiger partial charge on any atom is 0.277 e. The second-order valence-electron chi connectivity index (χ2n) is 6.54. The molecule has 29 heavy (non-hydrogen) atoms. The topological polar surface area (TPSA) is 109 Å². The minimum absolute atomic E-state index is 0.0511. The highest BCUT2D eigenvalue weighted by Gasteiger charge is 2.31. The van der Waals surface area contributed by atoms with E-state index in [1.807, 2.05) is 37.3 Å². The highest BCUT2D eigenvalue weighted by molar-refractivity contribution is 6.17. The first-order valence-corrected chi connectivity index (χ1v) is 9.02. The number of carbonyl (C=O) groups is 2. The van der Waals surface area contributed by atoms with E-state index in [1.54, 1.807) is 18.2 Å². The Morgan fingerprint density at radius 2 is 1.97 bits per heavy atom. The number of rotatable bonds is 6. The number of aliphatic hydroxyl groups is 1. The van der Waals surface area contributed by atoms with Gasteiger partial charge in [0.1, 0.15) is 5.70 Å². The fraction of sp³-hybridized carbons (Fsp3) is 0.143. The lowest BCUT2D eigenvalue weighted by atomic mass is 10.1. The number of benzene rings is 2. The first kappa shape index (κ1) is 18.6. The van der Waals surface area contributed by atoms with Crippen molar-refractivity contribution in [2.45, 2.75) is 6.92 Å². The van der Waals surface area contributed by atoms with Crippen molar-refractivity contribution in [2.75, 3.05) is 18.5 Å². The SMILES string of the molecule is Cc1cccc(-c2noc(-c3ccccc3NC3=CC(=O)N(CCO)C3=O)n2)c1. The number of β-amino-alcohol motifs (C(OH)–C–C–N with tert-alkyl or cyclic N) is 1. The minimum Gasteiger partial charge on any atom is -0.395 e. The predicted molar refractivity (Wildman–Crippen MR) is 105 cm³/mol. The van der Waals surface area contributed by atoms with Crippen molar-refractivity contribution in [1.82, 2.24) is 15.0 Å². The molecule has 2 heterocycles. The van der Waals surface area contributed by atoms with Crippen molar-refractivity contribution >= 4 is 17.5 Å². The van der Waals surface area contributed by atoms with Crippen molar-refractivity contribution in [2.24, 2.45) is 0 Å². The fourth-order valence-electron chi connectivity index (χ4n) is 3.07. The number of para-hydroxylation sites is 1. The summed E-state index contributed by atoms with van der Waals surface area (Å²) in [5, 5.41) is 16.1. The van der Waals surface area contributed by atoms with Crippen molar-refractivity contribution in [3.63, 3.8) is 0 Å². The van der Waals surface area contributed by atoms with Crippen LogP contribution in [0.3, 0.4) is 0 Å². The number of nitrogens with zero attached hydrogens (tertiary/aromatic N) is 3. The Morgan fingerprint density at radius 3 is 2.76 bits per heavy atom. The molecule has 0 aliphatic carbocycles. The Hall–Kier alpha value is -3.78. The largest absolute Gasteiger partial charge is 0.395 e. The molecule has 0 bridgehead atoms. The van der Waals surface area contributed by atoms with E-state index >= 15 is 0 Å². The van der Waals surface area contributed by atoms with Gasteiger partial charge in [-0.2, -0.15) is 4.98 Å². The Morgan fingerprint density at radius 1 is 1.14 bits per heavy atom. The summed E-state index contributed by atoms with van der Waals surface area (Å²) in [5.74, 6) is -0.221. The van der Waals surface area contributed by atoms with Gasteiger partial charge in [0.05, 0.1) is 24.4 Å². The number of aromatic nitrogens is 2. The third-order valence-corrected chi connectivity index (χ3v) is 4.46. The number of hydrogen-bond donors (Lipinski definition) is 2. The molecule has 0 fully saturated rings. The van der Waals surface area contributed by atoms with Crippen LogP contribution in [0.2, 0.25) is 0 Å². The summed E-state index contributed by atoms with van der Waals surface area (Å²) in [6, 6.07) is 14.9. The van der Waals surface area contributed by atoms with Crippen LogP contribution in [-0.2, 0) is 9.59 Å². The summed E-state index contributed by atoms with van der Waals surface area (Å²) in [6.45, 7) is 1.64. The monoisotopic (exact) mass is 390 g/mol. The van der Waals surface area contributed by atoms with Crippen LogP contribution in [0, 0.1) is 6.92 Å². The van der Waals surface area contributed by atoms with Crippen molar-refractivity contribution < 1.29 is 19.2 Å². The van der Waals surface area contributed by atoms with Crippen LogP contribution >= 0.6 is 0 Å². The quantitative estimate of drug-likeness (QED) is 0.622. The van der Waals surface area contributed by atoms with Crippen LogP contribution < -0.4 is 5.32 Å². The Balaban J connectivity index is 1.63. The van der Waals surface area contributed by atoms with Gasteiger partial charge >= 0.3 is 0 Å². The summed E-state index contributed by atoms with van der Waals surface area (Å²) >= 11 is 0. The van der Waals surface area contributed by atoms with Gasteiger partial charge in [0.2, 0.25) is 5.82 Å². The molecule has 0 saturated carbocycles. The molecule has 8 heteroatoms. The lowest BCUT2D eigenvalue weighted by molar-refractivity contribution is -0.137. The Labute approximate surface area is 166 Å². The van der Waals surface area contributed by atoms with Gasteiger partial charge in [0, 0.05) is 11.6 Å². The first-order valence-electron chi connectivity index (χ1n) is 9.02. The minimum atomic E-state index is -0.496. The number of imide groups is 1. The summed E-state index contributed by atoms with van der Waals surface area (Å²) < 4.78 is 5.44. The molecule has 0 saturated heterocycles. The summed E-state index contributed by atoms with van der Waals surface area (Å²) in [6.07, 6.45) is 1.21. The number of amides is 2. The van der Waals surface area contributed by atoms with Crippen LogP contribution in [0.1, 0.15) is 5.56 Å². The molecule has 1 aromatic heterocycles. The highest BCUT2D eigenvalue weighted by atomic mass is 16.5. The highest BCUT2D eigenvalue weighted by Crippen LogP contribution is 2.30. The van der Waals surface area contributed by atoms with Gasteiger partial charge in [-0.05, 0) is 25.1 Å². The molecule has 2 aromatic carbocycles. The average Bonchev–Trinajstić information content (AvgIpc) is 3.30. The summed E-state index contributed by atoms with van der Waals surface area (Å²) in [5.41, 5.74) is 3.18. The van der Waals surface area contributed by atoms with Crippen LogP contribution in [-0.4, -0.2) is 45.1 Å². The summed E-state index contributed by atoms with van der Waals surface area (Å²) in [4.78, 5) is 29.8. The maximum absolute atomic E-state index is 12.4. The third-order valence-electron chi connectivity index (χ3n) is 4.46. The lowest BCUT2D eigenvalue weighted by Gasteiger charge is -2.14. The Bertz CT molecular complexity index is 1120. The van der Waals surface area contributed by atoms with Gasteiger partial charge < -0.3 is 14.9 Å². The maximum atomic E-state index is 12.4. The van der Waals surface area contributed by atoms with Gasteiger partial charge in [-0.1, -0.05) is 41.1 Å². The molecule has 0 spiro atoms. The zero-order chi connectivity index (χ0) is 20.4. The number of anilines is 1. The number of aryl methyl sites for hydroxylation is 1. The summed E-state index contributed by atoms with van der Waals surface area (Å²) in [7, 11) is 0. The number of hydrogen-bond acceptors (Lipinski definition) is 7. The number of aliphatic hydroxyl groups excluding tert-OH is 1. The van der Waals surface area contributed by atoms with E-state index in [0.29, 0.717) is 17.1 Å². The van der Waals surface area contributed by atoms with E-state index in [-0.39, 0.29) is 24.7 Å². The normalized spacial score (nSPS) is 13.7. The molecular formula is C21H18N4O4. The van der Waals surface area contributed by atoms with Gasteiger partial charge in [-0.25, -0.2) is 0 Å². The van der Waals surface area contributed by atoms with Crippen LogP contribution in [0.4, 0.5) is 5.69 Å². The molecule has 2 amide bonds. The average molecular weight is 390 g/mol. The van der Waals surface area contributed by atoms with Crippen LogP contribution in [0.15, 0.2) is 64.8 Å². The fourth-order valence-corrected chi connectivity index (χ4v) is 3.07. The molecule has 146 valence electrons. The zero-order valence-electron chi connectivity index (χ0n) is 15.6. The second-order valence-corrected chi connectivity index (χ2v) is 6.54. The molecule has 3 aromatic rings. The van der Waals surface area contributed by atoms with Crippen molar-refractivity contribution in [1.29, 1.82) is 0 Å². The molecule has 1 aliphatic rings. The van der Waals surface area contributed by atoms with Gasteiger partial charge in [-0.3, -0.25) is 14.5 Å². The van der Waals surface area contributed by atoms with Gasteiger partial charge in [0.25, 0.3) is 17.7 Å². The lowest BCUT2D eigenvalue weighted by Crippen LogP contribution is -2.34. The molecule has 2 N–H and O–H groups in total. The number of nitrogens with one attached hydrogen (secondary N) is 1. The van der Waals surface area contributed by atoms with Crippen molar-refractivity contribution in [3.05, 3.63) is 65.9 Å². The first-order chi connectivity index (χ1) is 14.1. The van der Waals surface area contributed by atoms with Crippen molar-refractivity contribution in [3.8, 4) is 22.8 Å². The van der Waals surface area contributed by atoms with Crippen LogP contribution in [0.5, 0.6) is 0 Å². The molecule has 0 atom stereocenters.